The number of aliphatic hydroxyl groups excluding tert-OH is 1. The Balaban J connectivity index is 1.82. The third kappa shape index (κ3) is 3.76. The number of rotatable bonds is 6. The number of H-pyrrole nitrogens is 1. The average Bonchev–Trinajstić information content (AvgIpc) is 3.23. The fourth-order valence-electron chi connectivity index (χ4n) is 3.64. The highest BCUT2D eigenvalue weighted by molar-refractivity contribution is 7.89. The molecule has 0 aliphatic carbocycles. The van der Waals surface area contributed by atoms with Crippen LogP contribution in [0.15, 0.2) is 35.7 Å². The van der Waals surface area contributed by atoms with Gasteiger partial charge in [0.05, 0.1) is 35.2 Å². The summed E-state index contributed by atoms with van der Waals surface area (Å²) in [5.74, 6) is 0.467. The molecule has 1 saturated heterocycles. The van der Waals surface area contributed by atoms with E-state index in [0.717, 1.165) is 31.5 Å². The fraction of sp³-hybridized carbons (Fsp3) is 0.389. The van der Waals surface area contributed by atoms with Gasteiger partial charge in [-0.2, -0.15) is 0 Å². The van der Waals surface area contributed by atoms with E-state index in [2.05, 4.69) is 34.9 Å². The molecular weight excluding hydrogens is 394 g/mol. The Bertz CT molecular complexity index is 1120. The van der Waals surface area contributed by atoms with Crippen molar-refractivity contribution >= 4 is 38.4 Å². The number of nitrogens with one attached hydrogen (secondary N) is 3. The molecule has 1 aromatic carbocycles. The predicted octanol–water partition coefficient (Wildman–Crippen LogP) is 1.36. The Morgan fingerprint density at radius 2 is 2.14 bits per heavy atom. The number of fused-ring (bicyclic) bond motifs is 1. The first-order valence-electron chi connectivity index (χ1n) is 9.39. The van der Waals surface area contributed by atoms with Crippen molar-refractivity contribution < 1.29 is 13.5 Å². The molecule has 1 aliphatic heterocycles. The zero-order chi connectivity index (χ0) is 20.4. The van der Waals surface area contributed by atoms with Crippen LogP contribution in [0.3, 0.4) is 0 Å². The van der Waals surface area contributed by atoms with E-state index in [-0.39, 0.29) is 17.5 Å². The van der Waals surface area contributed by atoms with Crippen molar-refractivity contribution in [2.24, 2.45) is 0 Å². The van der Waals surface area contributed by atoms with Crippen molar-refractivity contribution in [2.75, 3.05) is 30.4 Å². The minimum Gasteiger partial charge on any atom is -0.394 e. The molecule has 29 heavy (non-hydrogen) atoms. The summed E-state index contributed by atoms with van der Waals surface area (Å²) in [6.07, 6.45) is 5.87. The van der Waals surface area contributed by atoms with Gasteiger partial charge in [0.25, 0.3) is 0 Å². The standard InChI is InChI=1S/C18H23N7O3S/c1-19-29(27,28)13-5-6-15(25-7-3-2-4-12(25)9-26)14(8-13)24-18-16-17(21-10-20-16)22-11-23-18/h5-6,8,10-12,19,26H,2-4,7,9H2,1H3,(H2,20,21,22,23,24). The molecule has 154 valence electrons. The van der Waals surface area contributed by atoms with Crippen LogP contribution >= 0.6 is 0 Å². The number of aromatic amines is 1. The van der Waals surface area contributed by atoms with Crippen molar-refractivity contribution in [2.45, 2.75) is 30.2 Å². The molecule has 2 aromatic heterocycles. The van der Waals surface area contributed by atoms with Crippen LogP contribution in [0.2, 0.25) is 0 Å². The number of sulfonamides is 1. The highest BCUT2D eigenvalue weighted by Crippen LogP contribution is 2.35. The second kappa shape index (κ2) is 7.93. The van der Waals surface area contributed by atoms with E-state index >= 15 is 0 Å². The summed E-state index contributed by atoms with van der Waals surface area (Å²) in [7, 11) is -2.25. The van der Waals surface area contributed by atoms with Gasteiger partial charge in [0.15, 0.2) is 17.0 Å². The second-order valence-corrected chi connectivity index (χ2v) is 8.75. The largest absolute Gasteiger partial charge is 0.394 e. The van der Waals surface area contributed by atoms with Crippen LogP contribution in [-0.2, 0) is 10.0 Å². The van der Waals surface area contributed by atoms with Crippen LogP contribution in [0.4, 0.5) is 17.2 Å². The topological polar surface area (TPSA) is 136 Å². The van der Waals surface area contributed by atoms with Crippen molar-refractivity contribution in [3.05, 3.63) is 30.9 Å². The van der Waals surface area contributed by atoms with Gasteiger partial charge >= 0.3 is 0 Å². The molecule has 3 heterocycles. The van der Waals surface area contributed by atoms with Gasteiger partial charge in [-0.15, -0.1) is 0 Å². The predicted molar refractivity (Wildman–Crippen MR) is 110 cm³/mol. The molecule has 4 rings (SSSR count). The maximum Gasteiger partial charge on any atom is 0.240 e. The summed E-state index contributed by atoms with van der Waals surface area (Å²) >= 11 is 0. The minimum absolute atomic E-state index is 0.0214. The van der Waals surface area contributed by atoms with E-state index < -0.39 is 10.0 Å². The van der Waals surface area contributed by atoms with Crippen LogP contribution < -0.4 is 14.9 Å². The lowest BCUT2D eigenvalue weighted by molar-refractivity contribution is 0.240. The number of aliphatic hydroxyl groups is 1. The zero-order valence-corrected chi connectivity index (χ0v) is 16.8. The molecule has 0 bridgehead atoms. The van der Waals surface area contributed by atoms with E-state index in [4.69, 9.17) is 0 Å². The Kier molecular flexibility index (Phi) is 5.35. The van der Waals surface area contributed by atoms with Gasteiger partial charge in [-0.25, -0.2) is 28.1 Å². The molecule has 11 heteroatoms. The number of nitrogens with zero attached hydrogens (tertiary/aromatic N) is 4. The van der Waals surface area contributed by atoms with Crippen LogP contribution in [0.5, 0.6) is 0 Å². The van der Waals surface area contributed by atoms with Gasteiger partial charge in [-0.05, 0) is 44.5 Å². The SMILES string of the molecule is CNS(=O)(=O)c1ccc(N2CCCCC2CO)c(Nc2ncnc3[nH]cnc23)c1. The fourth-order valence-corrected chi connectivity index (χ4v) is 4.40. The first-order valence-corrected chi connectivity index (χ1v) is 10.9. The summed E-state index contributed by atoms with van der Waals surface area (Å²) in [4.78, 5) is 17.8. The van der Waals surface area contributed by atoms with Crippen molar-refractivity contribution in [3.63, 3.8) is 0 Å². The maximum absolute atomic E-state index is 12.3. The molecule has 10 nitrogen and oxygen atoms in total. The van der Waals surface area contributed by atoms with E-state index in [1.807, 2.05) is 0 Å². The first-order chi connectivity index (χ1) is 14.0. The monoisotopic (exact) mass is 417 g/mol. The number of aromatic nitrogens is 4. The quantitative estimate of drug-likeness (QED) is 0.472. The number of hydrogen-bond acceptors (Lipinski definition) is 8. The van der Waals surface area contributed by atoms with E-state index in [1.54, 1.807) is 18.2 Å². The van der Waals surface area contributed by atoms with Crippen molar-refractivity contribution in [1.82, 2.24) is 24.7 Å². The number of hydrogen-bond donors (Lipinski definition) is 4. The summed E-state index contributed by atoms with van der Waals surface area (Å²) in [6.45, 7) is 0.812. The van der Waals surface area contributed by atoms with E-state index in [9.17, 15) is 13.5 Å². The van der Waals surface area contributed by atoms with Crippen molar-refractivity contribution in [3.8, 4) is 0 Å². The van der Waals surface area contributed by atoms with Gasteiger partial charge in [-0.1, -0.05) is 0 Å². The molecule has 0 spiro atoms. The Labute approximate surface area is 168 Å². The zero-order valence-electron chi connectivity index (χ0n) is 16.0. The molecule has 1 fully saturated rings. The molecule has 4 N–H and O–H groups in total. The number of benzene rings is 1. The normalized spacial score (nSPS) is 17.6. The molecule has 0 amide bonds. The van der Waals surface area contributed by atoms with Crippen LogP contribution in [0.1, 0.15) is 19.3 Å². The summed E-state index contributed by atoms with van der Waals surface area (Å²) < 4.78 is 27.0. The number of anilines is 3. The van der Waals surface area contributed by atoms with Crippen LogP contribution in [0, 0.1) is 0 Å². The highest BCUT2D eigenvalue weighted by atomic mass is 32.2. The van der Waals surface area contributed by atoms with E-state index in [0.29, 0.717) is 22.7 Å². The third-order valence-electron chi connectivity index (χ3n) is 5.16. The van der Waals surface area contributed by atoms with Gasteiger partial charge < -0.3 is 20.3 Å². The third-order valence-corrected chi connectivity index (χ3v) is 6.58. The lowest BCUT2D eigenvalue weighted by Crippen LogP contribution is -2.42. The van der Waals surface area contributed by atoms with E-state index in [1.165, 1.54) is 19.7 Å². The lowest BCUT2D eigenvalue weighted by atomic mass is 10.0. The smallest absolute Gasteiger partial charge is 0.240 e. The molecular formula is C18H23N7O3S. The molecule has 3 aromatic rings. The molecule has 0 saturated carbocycles. The maximum atomic E-state index is 12.3. The first kappa shape index (κ1) is 19.6. The summed E-state index contributed by atoms with van der Waals surface area (Å²) in [6, 6.07) is 4.89. The summed E-state index contributed by atoms with van der Waals surface area (Å²) in [5, 5.41) is 13.1. The minimum atomic E-state index is -3.62. The van der Waals surface area contributed by atoms with Crippen LogP contribution in [-0.4, -0.2) is 59.7 Å². The average molecular weight is 417 g/mol. The lowest BCUT2D eigenvalue weighted by Gasteiger charge is -2.37. The van der Waals surface area contributed by atoms with Crippen LogP contribution in [0.25, 0.3) is 11.2 Å². The van der Waals surface area contributed by atoms with Gasteiger partial charge in [0.1, 0.15) is 6.33 Å². The second-order valence-electron chi connectivity index (χ2n) is 6.86. The Hall–Kier alpha value is -2.76. The number of piperidine rings is 1. The highest BCUT2D eigenvalue weighted by Gasteiger charge is 2.25. The molecule has 1 atom stereocenters. The molecule has 0 radical (unpaired) electrons. The van der Waals surface area contributed by atoms with Gasteiger partial charge in [-0.3, -0.25) is 0 Å². The van der Waals surface area contributed by atoms with Crippen molar-refractivity contribution in [1.29, 1.82) is 0 Å². The summed E-state index contributed by atoms with van der Waals surface area (Å²) in [5.41, 5.74) is 2.51. The molecule has 1 unspecified atom stereocenters. The number of imidazole rings is 1. The van der Waals surface area contributed by atoms with Gasteiger partial charge in [0, 0.05) is 6.54 Å². The van der Waals surface area contributed by atoms with Gasteiger partial charge in [0.2, 0.25) is 10.0 Å². The Morgan fingerprint density at radius 3 is 2.93 bits per heavy atom. The Morgan fingerprint density at radius 1 is 1.28 bits per heavy atom. The molecule has 1 aliphatic rings.